The summed E-state index contributed by atoms with van der Waals surface area (Å²) in [5, 5.41) is 0. The average molecular weight is 429 g/mol. The van der Waals surface area contributed by atoms with Gasteiger partial charge < -0.3 is 19.1 Å². The van der Waals surface area contributed by atoms with Crippen molar-refractivity contribution in [1.29, 1.82) is 0 Å². The fourth-order valence-corrected chi connectivity index (χ4v) is 3.61. The van der Waals surface area contributed by atoms with Gasteiger partial charge >= 0.3 is 18.0 Å². The zero-order valence-corrected chi connectivity index (χ0v) is 17.2. The summed E-state index contributed by atoms with van der Waals surface area (Å²) < 4.78 is 28.5. The number of carbonyl (C=O) groups excluding carboxylic acids is 3. The highest BCUT2D eigenvalue weighted by Crippen LogP contribution is 2.34. The molecule has 164 valence electrons. The second-order valence-electron chi connectivity index (χ2n) is 7.27. The second-order valence-corrected chi connectivity index (χ2v) is 7.27. The lowest BCUT2D eigenvalue weighted by atomic mass is 9.81. The second kappa shape index (κ2) is 10.6. The molecule has 1 aliphatic heterocycles. The van der Waals surface area contributed by atoms with E-state index in [0.29, 0.717) is 25.3 Å². The van der Waals surface area contributed by atoms with Gasteiger partial charge in [-0.3, -0.25) is 9.59 Å². The van der Waals surface area contributed by atoms with Crippen LogP contribution in [0.4, 0.5) is 9.18 Å². The topological polar surface area (TPSA) is 82.1 Å². The number of esters is 2. The average Bonchev–Trinajstić information content (AvgIpc) is 2.78. The Morgan fingerprint density at radius 3 is 2.42 bits per heavy atom. The van der Waals surface area contributed by atoms with E-state index in [2.05, 4.69) is 4.74 Å². The van der Waals surface area contributed by atoms with Crippen molar-refractivity contribution in [3.63, 3.8) is 0 Å². The number of methoxy groups -OCH3 is 1. The van der Waals surface area contributed by atoms with Gasteiger partial charge in [0, 0.05) is 19.0 Å². The molecule has 8 heteroatoms. The molecule has 3 rings (SSSR count). The molecule has 0 aliphatic carbocycles. The van der Waals surface area contributed by atoms with Crippen LogP contribution in [0.1, 0.15) is 24.3 Å². The first kappa shape index (κ1) is 22.3. The number of para-hydroxylation sites is 1. The van der Waals surface area contributed by atoms with Crippen molar-refractivity contribution in [2.75, 3.05) is 26.8 Å². The molecular formula is C23H24FNO6. The zero-order chi connectivity index (χ0) is 22.2. The van der Waals surface area contributed by atoms with E-state index in [1.165, 1.54) is 19.2 Å². The lowest BCUT2D eigenvalue weighted by Gasteiger charge is -2.38. The van der Waals surface area contributed by atoms with Crippen molar-refractivity contribution >= 4 is 18.0 Å². The summed E-state index contributed by atoms with van der Waals surface area (Å²) in [5.41, 5.74) is 0.895. The van der Waals surface area contributed by atoms with E-state index >= 15 is 0 Å². The van der Waals surface area contributed by atoms with E-state index in [0.717, 1.165) is 5.56 Å². The zero-order valence-electron chi connectivity index (χ0n) is 17.2. The number of likely N-dealkylation sites (tertiary alicyclic amines) is 1. The SMILES string of the molecule is COC(=O)CC(=O)OC[C@@H]1CN(C(=O)Oc2ccccc2)CC[C@H]1c1ccc(F)cc1. The first-order valence-electron chi connectivity index (χ1n) is 9.96. The van der Waals surface area contributed by atoms with E-state index in [-0.39, 0.29) is 24.3 Å². The maximum absolute atomic E-state index is 13.4. The van der Waals surface area contributed by atoms with Crippen molar-refractivity contribution in [3.8, 4) is 5.75 Å². The molecule has 7 nitrogen and oxygen atoms in total. The van der Waals surface area contributed by atoms with Gasteiger partial charge in [0.1, 0.15) is 18.0 Å². The van der Waals surface area contributed by atoms with Gasteiger partial charge in [0.05, 0.1) is 13.7 Å². The molecule has 0 saturated carbocycles. The number of halogens is 1. The molecule has 0 radical (unpaired) electrons. The molecule has 2 atom stereocenters. The Kier molecular flexibility index (Phi) is 7.59. The van der Waals surface area contributed by atoms with Gasteiger partial charge in [-0.2, -0.15) is 0 Å². The van der Waals surface area contributed by atoms with Crippen molar-refractivity contribution < 1.29 is 33.0 Å². The number of ether oxygens (including phenoxy) is 3. The highest BCUT2D eigenvalue weighted by molar-refractivity contribution is 5.91. The Bertz CT molecular complexity index is 902. The van der Waals surface area contributed by atoms with Crippen LogP contribution in [0, 0.1) is 11.7 Å². The molecule has 31 heavy (non-hydrogen) atoms. The first-order chi connectivity index (χ1) is 15.0. The molecule has 0 unspecified atom stereocenters. The third kappa shape index (κ3) is 6.28. The Balaban J connectivity index is 1.69. The summed E-state index contributed by atoms with van der Waals surface area (Å²) in [6.45, 7) is 0.743. The van der Waals surface area contributed by atoms with E-state index < -0.39 is 24.5 Å². The summed E-state index contributed by atoms with van der Waals surface area (Å²) in [6.07, 6.45) is -0.381. The van der Waals surface area contributed by atoms with Gasteiger partial charge in [0.15, 0.2) is 0 Å². The molecule has 1 aliphatic rings. The predicted octanol–water partition coefficient (Wildman–Crippen LogP) is 3.54. The maximum atomic E-state index is 13.4. The number of nitrogens with zero attached hydrogens (tertiary/aromatic N) is 1. The predicted molar refractivity (Wildman–Crippen MR) is 109 cm³/mol. The number of hydrogen-bond acceptors (Lipinski definition) is 6. The molecule has 0 bridgehead atoms. The van der Waals surface area contributed by atoms with Gasteiger partial charge in [-0.05, 0) is 42.2 Å². The van der Waals surface area contributed by atoms with Crippen LogP contribution < -0.4 is 4.74 Å². The Labute approximate surface area is 179 Å². The lowest BCUT2D eigenvalue weighted by molar-refractivity contribution is -0.154. The quantitative estimate of drug-likeness (QED) is 0.516. The fraction of sp³-hybridized carbons (Fsp3) is 0.348. The normalized spacial score (nSPS) is 18.2. The summed E-state index contributed by atoms with van der Waals surface area (Å²) in [7, 11) is 1.19. The summed E-state index contributed by atoms with van der Waals surface area (Å²) in [6, 6.07) is 14.9. The molecule has 0 spiro atoms. The molecule has 1 heterocycles. The molecule has 2 aromatic rings. The molecule has 1 saturated heterocycles. The summed E-state index contributed by atoms with van der Waals surface area (Å²) in [5.74, 6) is -1.58. The fourth-order valence-electron chi connectivity index (χ4n) is 3.61. The van der Waals surface area contributed by atoms with Crippen LogP contribution >= 0.6 is 0 Å². The van der Waals surface area contributed by atoms with Crippen molar-refractivity contribution in [3.05, 3.63) is 66.0 Å². The number of amides is 1. The Morgan fingerprint density at radius 2 is 1.74 bits per heavy atom. The number of benzene rings is 2. The van der Waals surface area contributed by atoms with Gasteiger partial charge in [0.2, 0.25) is 0 Å². The highest BCUT2D eigenvalue weighted by atomic mass is 19.1. The monoisotopic (exact) mass is 429 g/mol. The largest absolute Gasteiger partial charge is 0.469 e. The minimum Gasteiger partial charge on any atom is -0.469 e. The molecule has 0 N–H and O–H groups in total. The van der Waals surface area contributed by atoms with E-state index in [1.54, 1.807) is 41.3 Å². The van der Waals surface area contributed by atoms with E-state index in [4.69, 9.17) is 9.47 Å². The number of rotatable bonds is 6. The van der Waals surface area contributed by atoms with Crippen LogP contribution in [0.5, 0.6) is 5.75 Å². The van der Waals surface area contributed by atoms with Crippen molar-refractivity contribution in [2.24, 2.45) is 5.92 Å². The van der Waals surface area contributed by atoms with Gasteiger partial charge in [0.25, 0.3) is 0 Å². The van der Waals surface area contributed by atoms with Crippen LogP contribution in [-0.2, 0) is 19.1 Å². The molecule has 1 amide bonds. The van der Waals surface area contributed by atoms with Gasteiger partial charge in [-0.15, -0.1) is 0 Å². The van der Waals surface area contributed by atoms with Crippen molar-refractivity contribution in [2.45, 2.75) is 18.8 Å². The molecule has 2 aromatic carbocycles. The molecule has 1 fully saturated rings. The van der Waals surface area contributed by atoms with Crippen LogP contribution in [0.15, 0.2) is 54.6 Å². The highest BCUT2D eigenvalue weighted by Gasteiger charge is 2.34. The minimum absolute atomic E-state index is 0.00693. The third-order valence-corrected chi connectivity index (χ3v) is 5.21. The van der Waals surface area contributed by atoms with Gasteiger partial charge in [-0.1, -0.05) is 30.3 Å². The maximum Gasteiger partial charge on any atom is 0.415 e. The Hall–Kier alpha value is -3.42. The van der Waals surface area contributed by atoms with Gasteiger partial charge in [-0.25, -0.2) is 9.18 Å². The van der Waals surface area contributed by atoms with Crippen LogP contribution in [0.2, 0.25) is 0 Å². The molecular weight excluding hydrogens is 405 g/mol. The minimum atomic E-state index is -0.700. The third-order valence-electron chi connectivity index (χ3n) is 5.21. The van der Waals surface area contributed by atoms with E-state index in [1.807, 2.05) is 6.07 Å². The summed E-state index contributed by atoms with van der Waals surface area (Å²) >= 11 is 0. The Morgan fingerprint density at radius 1 is 1.03 bits per heavy atom. The molecule has 0 aromatic heterocycles. The van der Waals surface area contributed by atoms with Crippen LogP contribution in [0.25, 0.3) is 0 Å². The van der Waals surface area contributed by atoms with Crippen LogP contribution in [-0.4, -0.2) is 49.7 Å². The number of hydrogen-bond donors (Lipinski definition) is 0. The number of carbonyl (C=O) groups is 3. The first-order valence-corrected chi connectivity index (χ1v) is 9.96. The smallest absolute Gasteiger partial charge is 0.415 e. The standard InChI is InChI=1S/C23H24FNO6/c1-29-21(26)13-22(27)30-15-17-14-25(23(28)31-19-5-3-2-4-6-19)12-11-20(17)16-7-9-18(24)10-8-16/h2-10,17,20H,11-15H2,1H3/t17-,20-/m0/s1. The lowest BCUT2D eigenvalue weighted by Crippen LogP contribution is -2.45. The van der Waals surface area contributed by atoms with Crippen molar-refractivity contribution in [1.82, 2.24) is 4.90 Å². The summed E-state index contributed by atoms with van der Waals surface area (Å²) in [4.78, 5) is 37.4. The van der Waals surface area contributed by atoms with Crippen LogP contribution in [0.3, 0.4) is 0 Å². The van der Waals surface area contributed by atoms with E-state index in [9.17, 15) is 18.8 Å². The number of piperidine rings is 1.